The monoisotopic (exact) mass is 518 g/mol. The van der Waals surface area contributed by atoms with Crippen molar-refractivity contribution in [2.75, 3.05) is 5.32 Å². The number of hydrogen-bond acceptors (Lipinski definition) is 2. The average Bonchev–Trinajstić information content (AvgIpc) is 3.28. The van der Waals surface area contributed by atoms with Crippen LogP contribution in [0, 0.1) is 41.7 Å². The summed E-state index contributed by atoms with van der Waals surface area (Å²) in [4.78, 5) is 28.3. The van der Waals surface area contributed by atoms with Crippen molar-refractivity contribution in [3.05, 3.63) is 76.5 Å². The Bertz CT molecular complexity index is 1390. The van der Waals surface area contributed by atoms with Crippen molar-refractivity contribution in [1.29, 1.82) is 0 Å². The average molecular weight is 519 g/mol. The Balaban J connectivity index is 1.31. The van der Waals surface area contributed by atoms with Gasteiger partial charge in [0.1, 0.15) is 11.4 Å². The molecule has 4 saturated carbocycles. The lowest BCUT2D eigenvalue weighted by molar-refractivity contribution is -0.0570. The van der Waals surface area contributed by atoms with Crippen LogP contribution in [-0.2, 0) is 6.42 Å². The predicted octanol–water partition coefficient (Wildman–Crippen LogP) is 7.37. The third kappa shape index (κ3) is 4.42. The molecule has 3 N–H and O–H groups in total. The first-order valence-electron chi connectivity index (χ1n) is 13.5. The fourth-order valence-corrected chi connectivity index (χ4v) is 7.94. The van der Waals surface area contributed by atoms with Crippen LogP contribution in [0.25, 0.3) is 11.3 Å². The standard InChI is InChI=1S/C31H32F2N2O3/c1-17-4-2-3-5-21(17)26-13-22(29(36)35-25-7-6-23(32)27(28(25)33)30(37)38)24(34-26)8-9-31-14-18-10-19(15-31)12-20(11-18)16-31/h2-7,13,18-20,34H,8-12,14-16H2,1H3,(H,35,36)(H,37,38). The SMILES string of the molecule is Cc1ccccc1-c1cc(C(=O)Nc2ccc(F)c(C(=O)O)c2F)c(CCC23CC4CC(CC(C4)C2)C3)[nH]1. The molecule has 3 aromatic rings. The number of carboxylic acids is 1. The fourth-order valence-electron chi connectivity index (χ4n) is 7.94. The largest absolute Gasteiger partial charge is 0.477 e. The van der Waals surface area contributed by atoms with Gasteiger partial charge in [-0.05, 0) is 105 Å². The normalized spacial score (nSPS) is 25.5. The molecule has 2 aromatic carbocycles. The van der Waals surface area contributed by atoms with Crippen LogP contribution in [0.2, 0.25) is 0 Å². The zero-order valence-corrected chi connectivity index (χ0v) is 21.4. The highest BCUT2D eigenvalue weighted by Gasteiger charge is 2.50. The zero-order chi connectivity index (χ0) is 26.6. The van der Waals surface area contributed by atoms with Gasteiger partial charge in [-0.25, -0.2) is 13.6 Å². The number of anilines is 1. The third-order valence-electron chi connectivity index (χ3n) is 9.20. The Morgan fingerprint density at radius 3 is 2.32 bits per heavy atom. The molecule has 198 valence electrons. The molecule has 0 spiro atoms. The molecule has 1 heterocycles. The van der Waals surface area contributed by atoms with E-state index < -0.39 is 29.1 Å². The summed E-state index contributed by atoms with van der Waals surface area (Å²) in [6.07, 6.45) is 9.61. The van der Waals surface area contributed by atoms with Crippen LogP contribution in [0.3, 0.4) is 0 Å². The number of amides is 1. The van der Waals surface area contributed by atoms with Gasteiger partial charge in [0.2, 0.25) is 0 Å². The van der Waals surface area contributed by atoms with Crippen LogP contribution in [-0.4, -0.2) is 22.0 Å². The summed E-state index contributed by atoms with van der Waals surface area (Å²) in [7, 11) is 0. The summed E-state index contributed by atoms with van der Waals surface area (Å²) >= 11 is 0. The predicted molar refractivity (Wildman–Crippen MR) is 141 cm³/mol. The second-order valence-electron chi connectivity index (χ2n) is 11.9. The number of nitrogens with one attached hydrogen (secondary N) is 2. The van der Waals surface area contributed by atoms with Crippen molar-refractivity contribution < 1.29 is 23.5 Å². The minimum Gasteiger partial charge on any atom is -0.477 e. The minimum atomic E-state index is -1.73. The summed E-state index contributed by atoms with van der Waals surface area (Å²) in [5, 5.41) is 11.7. The minimum absolute atomic E-state index is 0.329. The van der Waals surface area contributed by atoms with Crippen molar-refractivity contribution in [2.45, 2.75) is 58.3 Å². The van der Waals surface area contributed by atoms with E-state index in [1.807, 2.05) is 31.2 Å². The van der Waals surface area contributed by atoms with Crippen LogP contribution in [0.4, 0.5) is 14.5 Å². The van der Waals surface area contributed by atoms with Crippen molar-refractivity contribution in [3.63, 3.8) is 0 Å². The Labute approximate surface area is 220 Å². The number of aromatic carboxylic acids is 1. The van der Waals surface area contributed by atoms with Crippen molar-refractivity contribution in [3.8, 4) is 11.3 Å². The molecule has 7 heteroatoms. The van der Waals surface area contributed by atoms with Gasteiger partial charge >= 0.3 is 5.97 Å². The lowest BCUT2D eigenvalue weighted by Crippen LogP contribution is -2.46. The van der Waals surface area contributed by atoms with E-state index in [-0.39, 0.29) is 5.69 Å². The van der Waals surface area contributed by atoms with E-state index in [0.29, 0.717) is 17.4 Å². The second-order valence-corrected chi connectivity index (χ2v) is 11.9. The highest BCUT2D eigenvalue weighted by molar-refractivity contribution is 6.06. The fraction of sp³-hybridized carbons (Fsp3) is 0.419. The van der Waals surface area contributed by atoms with Gasteiger partial charge in [-0.2, -0.15) is 0 Å². The van der Waals surface area contributed by atoms with Gasteiger partial charge < -0.3 is 15.4 Å². The number of H-pyrrole nitrogens is 1. The van der Waals surface area contributed by atoms with Crippen molar-refractivity contribution in [1.82, 2.24) is 4.98 Å². The zero-order valence-electron chi connectivity index (χ0n) is 21.4. The quantitative estimate of drug-likeness (QED) is 0.305. The summed E-state index contributed by atoms with van der Waals surface area (Å²) < 4.78 is 28.7. The molecule has 0 saturated heterocycles. The highest BCUT2D eigenvalue weighted by Crippen LogP contribution is 2.61. The molecule has 4 aliphatic carbocycles. The molecule has 0 aliphatic heterocycles. The number of hydrogen-bond donors (Lipinski definition) is 3. The molecule has 1 amide bonds. The topological polar surface area (TPSA) is 82.2 Å². The van der Waals surface area contributed by atoms with Crippen LogP contribution >= 0.6 is 0 Å². The Morgan fingerprint density at radius 2 is 1.68 bits per heavy atom. The van der Waals surface area contributed by atoms with E-state index in [1.54, 1.807) is 6.07 Å². The van der Waals surface area contributed by atoms with Gasteiger partial charge in [0.05, 0.1) is 11.3 Å². The Hall–Kier alpha value is -3.48. The number of aryl methyl sites for hydroxylation is 2. The van der Waals surface area contributed by atoms with Gasteiger partial charge in [-0.3, -0.25) is 4.79 Å². The summed E-state index contributed by atoms with van der Waals surface area (Å²) in [5.41, 5.74) is 2.91. The maximum Gasteiger partial charge on any atom is 0.341 e. The van der Waals surface area contributed by atoms with Gasteiger partial charge in [0.25, 0.3) is 5.91 Å². The molecular formula is C31H32F2N2O3. The van der Waals surface area contributed by atoms with Crippen LogP contribution in [0.15, 0.2) is 42.5 Å². The Kier molecular flexibility index (Phi) is 6.12. The van der Waals surface area contributed by atoms with E-state index in [1.165, 1.54) is 38.5 Å². The summed E-state index contributed by atoms with van der Waals surface area (Å²) in [5.74, 6) is -2.26. The molecule has 0 unspecified atom stereocenters. The molecule has 4 aliphatic rings. The van der Waals surface area contributed by atoms with Crippen LogP contribution < -0.4 is 5.32 Å². The molecule has 5 nitrogen and oxygen atoms in total. The van der Waals surface area contributed by atoms with E-state index >= 15 is 0 Å². The number of benzene rings is 2. The van der Waals surface area contributed by atoms with Gasteiger partial charge in [-0.1, -0.05) is 24.3 Å². The lowest BCUT2D eigenvalue weighted by atomic mass is 9.48. The second kappa shape index (κ2) is 9.37. The molecular weight excluding hydrogens is 486 g/mol. The van der Waals surface area contributed by atoms with E-state index in [9.17, 15) is 23.5 Å². The van der Waals surface area contributed by atoms with Crippen molar-refractivity contribution >= 4 is 17.6 Å². The summed E-state index contributed by atoms with van der Waals surface area (Å²) in [6, 6.07) is 11.6. The van der Waals surface area contributed by atoms with Crippen LogP contribution in [0.5, 0.6) is 0 Å². The first-order valence-corrected chi connectivity index (χ1v) is 13.5. The number of carbonyl (C=O) groups excluding carboxylic acids is 1. The van der Waals surface area contributed by atoms with Gasteiger partial charge in [0.15, 0.2) is 5.82 Å². The molecule has 0 atom stereocenters. The number of aromatic amines is 1. The molecule has 7 rings (SSSR count). The maximum absolute atomic E-state index is 14.8. The number of aromatic nitrogens is 1. The van der Waals surface area contributed by atoms with Crippen LogP contribution in [0.1, 0.15) is 76.9 Å². The summed E-state index contributed by atoms with van der Waals surface area (Å²) in [6.45, 7) is 2.01. The Morgan fingerprint density at radius 1 is 1.03 bits per heavy atom. The highest BCUT2D eigenvalue weighted by atomic mass is 19.1. The maximum atomic E-state index is 14.8. The molecule has 4 fully saturated rings. The number of carbonyl (C=O) groups is 2. The molecule has 1 aromatic heterocycles. The van der Waals surface area contributed by atoms with Gasteiger partial charge in [-0.15, -0.1) is 0 Å². The molecule has 4 bridgehead atoms. The van der Waals surface area contributed by atoms with Crippen molar-refractivity contribution in [2.24, 2.45) is 23.2 Å². The van der Waals surface area contributed by atoms with E-state index in [4.69, 9.17) is 0 Å². The third-order valence-corrected chi connectivity index (χ3v) is 9.20. The molecule has 0 radical (unpaired) electrons. The number of carboxylic acid groups (broad SMARTS) is 1. The first kappa shape index (κ1) is 24.8. The first-order chi connectivity index (χ1) is 18.2. The van der Waals surface area contributed by atoms with Gasteiger partial charge in [0, 0.05) is 17.0 Å². The van der Waals surface area contributed by atoms with E-state index in [0.717, 1.165) is 58.8 Å². The lowest BCUT2D eigenvalue weighted by Gasteiger charge is -2.57. The molecule has 38 heavy (non-hydrogen) atoms. The number of halogens is 2. The van der Waals surface area contributed by atoms with E-state index in [2.05, 4.69) is 10.3 Å². The smallest absolute Gasteiger partial charge is 0.341 e. The number of rotatable bonds is 7.